The number of carbonyl (C=O) groups excluding carboxylic acids is 1. The molecule has 17 heavy (non-hydrogen) atoms. The minimum atomic E-state index is -0.867. The molecule has 0 aromatic heterocycles. The van der Waals surface area contributed by atoms with Gasteiger partial charge in [-0.2, -0.15) is 0 Å². The molecular weight excluding hydrogens is 350 g/mol. The van der Waals surface area contributed by atoms with E-state index in [9.17, 15) is 9.90 Å². The van der Waals surface area contributed by atoms with E-state index in [4.69, 9.17) is 0 Å². The van der Waals surface area contributed by atoms with Crippen LogP contribution in [0.4, 0.5) is 0 Å². The summed E-state index contributed by atoms with van der Waals surface area (Å²) in [4.78, 5) is 11.9. The minimum Gasteiger partial charge on any atom is -0.388 e. The molecule has 0 heterocycles. The molecule has 0 radical (unpaired) electrons. The Labute approximate surface area is 118 Å². The maximum atomic E-state index is 11.9. The summed E-state index contributed by atoms with van der Waals surface area (Å²) < 4.78 is 1.57. The number of benzene rings is 1. The highest BCUT2D eigenvalue weighted by Crippen LogP contribution is 2.21. The summed E-state index contributed by atoms with van der Waals surface area (Å²) >= 11 is 6.64. The Kier molecular flexibility index (Phi) is 5.16. The van der Waals surface area contributed by atoms with Crippen LogP contribution in [0.25, 0.3) is 0 Å². The first-order valence-electron chi connectivity index (χ1n) is 5.31. The van der Waals surface area contributed by atoms with E-state index in [0.717, 1.165) is 8.95 Å². The van der Waals surface area contributed by atoms with E-state index in [2.05, 4.69) is 37.2 Å². The standard InChI is InChI=1S/C12H15Br2NO2/c1-3-12(2,17)7-15-11(16)9-6-8(13)4-5-10(9)14/h4-6,17H,3,7H2,1-2H3,(H,15,16). The number of nitrogens with one attached hydrogen (secondary N) is 1. The number of aliphatic hydroxyl groups is 1. The Morgan fingerprint density at radius 1 is 1.47 bits per heavy atom. The van der Waals surface area contributed by atoms with E-state index in [0.29, 0.717) is 12.0 Å². The van der Waals surface area contributed by atoms with Crippen molar-refractivity contribution in [2.24, 2.45) is 0 Å². The van der Waals surface area contributed by atoms with Gasteiger partial charge in [0.1, 0.15) is 0 Å². The number of halogens is 2. The molecule has 0 aliphatic rings. The second kappa shape index (κ2) is 5.98. The molecule has 5 heteroatoms. The summed E-state index contributed by atoms with van der Waals surface area (Å²) in [7, 11) is 0. The minimum absolute atomic E-state index is 0.202. The molecule has 0 aliphatic carbocycles. The molecule has 1 aromatic carbocycles. The van der Waals surface area contributed by atoms with E-state index in [1.54, 1.807) is 19.1 Å². The fourth-order valence-corrected chi connectivity index (χ4v) is 1.95. The SMILES string of the molecule is CCC(C)(O)CNC(=O)c1cc(Br)ccc1Br. The zero-order valence-electron chi connectivity index (χ0n) is 9.76. The highest BCUT2D eigenvalue weighted by Gasteiger charge is 2.19. The van der Waals surface area contributed by atoms with Crippen LogP contribution in [0.3, 0.4) is 0 Å². The fourth-order valence-electron chi connectivity index (χ4n) is 1.16. The molecule has 0 saturated carbocycles. The molecule has 94 valence electrons. The second-order valence-electron chi connectivity index (χ2n) is 4.16. The monoisotopic (exact) mass is 363 g/mol. The predicted octanol–water partition coefficient (Wildman–Crippen LogP) is 3.10. The van der Waals surface area contributed by atoms with Gasteiger partial charge in [0.05, 0.1) is 11.2 Å². The van der Waals surface area contributed by atoms with Crippen molar-refractivity contribution < 1.29 is 9.90 Å². The van der Waals surface area contributed by atoms with Gasteiger partial charge in [0, 0.05) is 15.5 Å². The summed E-state index contributed by atoms with van der Waals surface area (Å²) in [5.41, 5.74) is -0.319. The van der Waals surface area contributed by atoms with E-state index in [1.807, 2.05) is 13.0 Å². The first kappa shape index (κ1) is 14.7. The van der Waals surface area contributed by atoms with Crippen molar-refractivity contribution in [2.45, 2.75) is 25.9 Å². The van der Waals surface area contributed by atoms with Gasteiger partial charge >= 0.3 is 0 Å². The van der Waals surface area contributed by atoms with Crippen molar-refractivity contribution >= 4 is 37.8 Å². The van der Waals surface area contributed by atoms with Gasteiger partial charge in [-0.05, 0) is 47.5 Å². The number of hydrogen-bond acceptors (Lipinski definition) is 2. The van der Waals surface area contributed by atoms with Crippen LogP contribution in [0.5, 0.6) is 0 Å². The number of amides is 1. The molecule has 0 aliphatic heterocycles. The molecule has 0 fully saturated rings. The third-order valence-electron chi connectivity index (χ3n) is 2.56. The zero-order chi connectivity index (χ0) is 13.1. The molecule has 1 atom stereocenters. The average molecular weight is 365 g/mol. The van der Waals surface area contributed by atoms with E-state index >= 15 is 0 Å². The molecule has 0 saturated heterocycles. The Balaban J connectivity index is 2.74. The Hall–Kier alpha value is -0.390. The topological polar surface area (TPSA) is 49.3 Å². The molecule has 1 rings (SSSR count). The van der Waals surface area contributed by atoms with Gasteiger partial charge in [-0.1, -0.05) is 22.9 Å². The van der Waals surface area contributed by atoms with Crippen LogP contribution in [0.1, 0.15) is 30.6 Å². The highest BCUT2D eigenvalue weighted by atomic mass is 79.9. The lowest BCUT2D eigenvalue weighted by atomic mass is 10.0. The number of hydrogen-bond donors (Lipinski definition) is 2. The van der Waals surface area contributed by atoms with E-state index < -0.39 is 5.60 Å². The average Bonchev–Trinajstić information content (AvgIpc) is 2.29. The number of rotatable bonds is 4. The summed E-state index contributed by atoms with van der Waals surface area (Å²) in [6, 6.07) is 5.39. The van der Waals surface area contributed by atoms with Gasteiger partial charge in [-0.25, -0.2) is 0 Å². The number of carbonyl (C=O) groups is 1. The molecule has 3 nitrogen and oxygen atoms in total. The fraction of sp³-hybridized carbons (Fsp3) is 0.417. The van der Waals surface area contributed by atoms with Crippen molar-refractivity contribution in [3.8, 4) is 0 Å². The van der Waals surface area contributed by atoms with Crippen LogP contribution in [-0.4, -0.2) is 23.2 Å². The van der Waals surface area contributed by atoms with Crippen molar-refractivity contribution in [1.29, 1.82) is 0 Å². The quantitative estimate of drug-likeness (QED) is 0.862. The lowest BCUT2D eigenvalue weighted by Gasteiger charge is -2.21. The first-order valence-corrected chi connectivity index (χ1v) is 6.90. The van der Waals surface area contributed by atoms with Crippen LogP contribution >= 0.6 is 31.9 Å². The summed E-state index contributed by atoms with van der Waals surface area (Å²) in [6.07, 6.45) is 0.590. The summed E-state index contributed by atoms with van der Waals surface area (Å²) in [5, 5.41) is 12.5. The molecule has 0 bridgehead atoms. The van der Waals surface area contributed by atoms with Crippen LogP contribution in [0.2, 0.25) is 0 Å². The third kappa shape index (κ3) is 4.41. The molecule has 2 N–H and O–H groups in total. The lowest BCUT2D eigenvalue weighted by molar-refractivity contribution is 0.0518. The van der Waals surface area contributed by atoms with Crippen LogP contribution < -0.4 is 5.32 Å². The van der Waals surface area contributed by atoms with Crippen molar-refractivity contribution in [1.82, 2.24) is 5.32 Å². The van der Waals surface area contributed by atoms with Gasteiger partial charge in [-0.3, -0.25) is 4.79 Å². The van der Waals surface area contributed by atoms with Gasteiger partial charge in [0.25, 0.3) is 5.91 Å². The van der Waals surface area contributed by atoms with Gasteiger partial charge < -0.3 is 10.4 Å². The molecule has 1 amide bonds. The van der Waals surface area contributed by atoms with Crippen molar-refractivity contribution in [3.05, 3.63) is 32.7 Å². The largest absolute Gasteiger partial charge is 0.388 e. The van der Waals surface area contributed by atoms with E-state index in [-0.39, 0.29) is 12.5 Å². The Morgan fingerprint density at radius 3 is 2.71 bits per heavy atom. The van der Waals surface area contributed by atoms with Gasteiger partial charge in [0.15, 0.2) is 0 Å². The maximum absolute atomic E-state index is 11.9. The molecule has 0 spiro atoms. The van der Waals surface area contributed by atoms with E-state index in [1.165, 1.54) is 0 Å². The van der Waals surface area contributed by atoms with Crippen LogP contribution in [-0.2, 0) is 0 Å². The van der Waals surface area contributed by atoms with Crippen LogP contribution in [0, 0.1) is 0 Å². The predicted molar refractivity (Wildman–Crippen MR) is 75.1 cm³/mol. The van der Waals surface area contributed by atoms with Crippen molar-refractivity contribution in [3.63, 3.8) is 0 Å². The summed E-state index contributed by atoms with van der Waals surface area (Å²) in [5.74, 6) is -0.202. The smallest absolute Gasteiger partial charge is 0.252 e. The second-order valence-corrected chi connectivity index (χ2v) is 5.93. The lowest BCUT2D eigenvalue weighted by Crippen LogP contribution is -2.40. The summed E-state index contributed by atoms with van der Waals surface area (Å²) in [6.45, 7) is 3.81. The van der Waals surface area contributed by atoms with Crippen molar-refractivity contribution in [2.75, 3.05) is 6.54 Å². The Morgan fingerprint density at radius 2 is 2.12 bits per heavy atom. The first-order chi connectivity index (χ1) is 7.85. The molecule has 1 unspecified atom stereocenters. The normalized spacial score (nSPS) is 14.2. The maximum Gasteiger partial charge on any atom is 0.252 e. The zero-order valence-corrected chi connectivity index (χ0v) is 12.9. The van der Waals surface area contributed by atoms with Crippen LogP contribution in [0.15, 0.2) is 27.1 Å². The van der Waals surface area contributed by atoms with Gasteiger partial charge in [0.2, 0.25) is 0 Å². The molecular formula is C12H15Br2NO2. The highest BCUT2D eigenvalue weighted by molar-refractivity contribution is 9.11. The van der Waals surface area contributed by atoms with Gasteiger partial charge in [-0.15, -0.1) is 0 Å². The Bertz CT molecular complexity index is 419. The third-order valence-corrected chi connectivity index (χ3v) is 3.75. The molecule has 1 aromatic rings.